The Morgan fingerprint density at radius 1 is 1.07 bits per heavy atom. The standard InChI is InChI=1S/C19H20Cl2N4OS/c1-24-8-10-25(11-9-24)17-5-3-2-4-16(17)22-19(27)23-18(26)14-7-6-13(20)12-15(14)21/h2-7,12H,8-11H2,1H3,(H2,22,23,26,27). The van der Waals surface area contributed by atoms with Crippen molar-refractivity contribution in [2.75, 3.05) is 43.4 Å². The minimum atomic E-state index is -0.383. The summed E-state index contributed by atoms with van der Waals surface area (Å²) >= 11 is 17.3. The van der Waals surface area contributed by atoms with Crippen LogP contribution in [0.5, 0.6) is 0 Å². The summed E-state index contributed by atoms with van der Waals surface area (Å²) < 4.78 is 0. The monoisotopic (exact) mass is 422 g/mol. The van der Waals surface area contributed by atoms with Gasteiger partial charge in [-0.25, -0.2) is 0 Å². The fourth-order valence-corrected chi connectivity index (χ4v) is 3.60. The number of rotatable bonds is 3. The van der Waals surface area contributed by atoms with E-state index >= 15 is 0 Å². The molecule has 1 saturated heterocycles. The first kappa shape index (κ1) is 19.9. The lowest BCUT2D eigenvalue weighted by molar-refractivity contribution is 0.0978. The van der Waals surface area contributed by atoms with Gasteiger partial charge in [-0.2, -0.15) is 0 Å². The maximum atomic E-state index is 12.4. The van der Waals surface area contributed by atoms with Crippen molar-refractivity contribution < 1.29 is 4.79 Å². The van der Waals surface area contributed by atoms with E-state index in [-0.39, 0.29) is 16.0 Å². The van der Waals surface area contributed by atoms with Crippen molar-refractivity contribution in [2.45, 2.75) is 0 Å². The number of likely N-dealkylation sites (N-methyl/N-ethyl adjacent to an activating group) is 1. The summed E-state index contributed by atoms with van der Waals surface area (Å²) in [5.41, 5.74) is 2.24. The van der Waals surface area contributed by atoms with Crippen LogP contribution in [0.4, 0.5) is 11.4 Å². The largest absolute Gasteiger partial charge is 0.367 e. The van der Waals surface area contributed by atoms with E-state index in [1.165, 1.54) is 6.07 Å². The van der Waals surface area contributed by atoms with Gasteiger partial charge in [0.15, 0.2) is 5.11 Å². The molecule has 1 aliphatic rings. The lowest BCUT2D eigenvalue weighted by atomic mass is 10.2. The first-order valence-electron chi connectivity index (χ1n) is 8.54. The van der Waals surface area contributed by atoms with Crippen LogP contribution in [0.1, 0.15) is 10.4 Å². The molecule has 5 nitrogen and oxygen atoms in total. The number of hydrogen-bond acceptors (Lipinski definition) is 4. The van der Waals surface area contributed by atoms with Crippen molar-refractivity contribution in [1.82, 2.24) is 10.2 Å². The zero-order valence-electron chi connectivity index (χ0n) is 14.8. The molecule has 2 aromatic rings. The van der Waals surface area contributed by atoms with Gasteiger partial charge in [-0.1, -0.05) is 35.3 Å². The van der Waals surface area contributed by atoms with Gasteiger partial charge in [0.05, 0.1) is 22.0 Å². The van der Waals surface area contributed by atoms with Crippen LogP contribution in [0, 0.1) is 0 Å². The van der Waals surface area contributed by atoms with Crippen LogP contribution in [-0.2, 0) is 0 Å². The van der Waals surface area contributed by atoms with E-state index in [2.05, 4.69) is 27.5 Å². The Labute approximate surface area is 174 Å². The van der Waals surface area contributed by atoms with E-state index in [9.17, 15) is 4.79 Å². The summed E-state index contributed by atoms with van der Waals surface area (Å²) in [6, 6.07) is 12.6. The molecule has 1 amide bonds. The fraction of sp³-hybridized carbons (Fsp3) is 0.263. The Bertz CT molecular complexity index is 853. The van der Waals surface area contributed by atoms with Gasteiger partial charge < -0.3 is 15.1 Å². The van der Waals surface area contributed by atoms with E-state index in [4.69, 9.17) is 35.4 Å². The third kappa shape index (κ3) is 5.11. The predicted molar refractivity (Wildman–Crippen MR) is 116 cm³/mol. The summed E-state index contributed by atoms with van der Waals surface area (Å²) in [5, 5.41) is 6.76. The average Bonchev–Trinajstić information content (AvgIpc) is 2.62. The molecule has 1 aliphatic heterocycles. The fourth-order valence-electron chi connectivity index (χ4n) is 2.90. The third-order valence-corrected chi connectivity index (χ3v) is 5.15. The molecule has 1 heterocycles. The number of nitrogens with one attached hydrogen (secondary N) is 2. The average molecular weight is 423 g/mol. The molecule has 1 fully saturated rings. The lowest BCUT2D eigenvalue weighted by Crippen LogP contribution is -2.45. The molecule has 8 heteroatoms. The number of piperazine rings is 1. The van der Waals surface area contributed by atoms with E-state index < -0.39 is 0 Å². The molecule has 0 radical (unpaired) electrons. The Balaban J connectivity index is 1.68. The number of halogens is 2. The Kier molecular flexibility index (Phi) is 6.55. The Morgan fingerprint density at radius 2 is 1.78 bits per heavy atom. The van der Waals surface area contributed by atoms with Crippen LogP contribution >= 0.6 is 35.4 Å². The van der Waals surface area contributed by atoms with Gasteiger partial charge in [-0.15, -0.1) is 0 Å². The number of carbonyl (C=O) groups excluding carboxylic acids is 1. The van der Waals surface area contributed by atoms with E-state index in [1.54, 1.807) is 12.1 Å². The van der Waals surface area contributed by atoms with Crippen molar-refractivity contribution in [2.24, 2.45) is 0 Å². The van der Waals surface area contributed by atoms with E-state index in [0.717, 1.165) is 37.6 Å². The molecule has 0 bridgehead atoms. The quantitative estimate of drug-likeness (QED) is 0.735. The molecule has 0 unspecified atom stereocenters. The van der Waals surface area contributed by atoms with Crippen LogP contribution < -0.4 is 15.5 Å². The molecular formula is C19H20Cl2N4OS. The molecule has 2 aromatic carbocycles. The van der Waals surface area contributed by atoms with Gasteiger partial charge in [-0.05, 0) is 49.6 Å². The zero-order chi connectivity index (χ0) is 19.4. The smallest absolute Gasteiger partial charge is 0.258 e. The van der Waals surface area contributed by atoms with Crippen LogP contribution in [0.3, 0.4) is 0 Å². The number of carbonyl (C=O) groups is 1. The highest BCUT2D eigenvalue weighted by Crippen LogP contribution is 2.26. The van der Waals surface area contributed by atoms with Crippen LogP contribution in [-0.4, -0.2) is 49.1 Å². The maximum absolute atomic E-state index is 12.4. The summed E-state index contributed by atoms with van der Waals surface area (Å²) in [6.07, 6.45) is 0. The highest BCUT2D eigenvalue weighted by Gasteiger charge is 2.18. The second-order valence-electron chi connectivity index (χ2n) is 6.34. The Hall–Kier alpha value is -1.86. The minimum absolute atomic E-state index is 0.215. The van der Waals surface area contributed by atoms with E-state index in [1.807, 2.05) is 24.3 Å². The molecule has 0 aromatic heterocycles. The van der Waals surface area contributed by atoms with Crippen LogP contribution in [0.2, 0.25) is 10.0 Å². The predicted octanol–water partition coefficient (Wildman–Crippen LogP) is 3.87. The topological polar surface area (TPSA) is 47.6 Å². The molecule has 0 aliphatic carbocycles. The lowest BCUT2D eigenvalue weighted by Gasteiger charge is -2.35. The van der Waals surface area contributed by atoms with Gasteiger partial charge >= 0.3 is 0 Å². The van der Waals surface area contributed by atoms with Gasteiger partial charge in [0.1, 0.15) is 0 Å². The SMILES string of the molecule is CN1CCN(c2ccccc2NC(=S)NC(=O)c2ccc(Cl)cc2Cl)CC1. The molecule has 3 rings (SSSR count). The third-order valence-electron chi connectivity index (χ3n) is 4.40. The first-order valence-corrected chi connectivity index (χ1v) is 9.70. The van der Waals surface area contributed by atoms with Crippen LogP contribution in [0.15, 0.2) is 42.5 Å². The van der Waals surface area contributed by atoms with Crippen molar-refractivity contribution in [3.05, 3.63) is 58.1 Å². The first-order chi connectivity index (χ1) is 12.9. The Morgan fingerprint density at radius 3 is 2.48 bits per heavy atom. The summed E-state index contributed by atoms with van der Waals surface area (Å²) in [7, 11) is 2.12. The highest BCUT2D eigenvalue weighted by molar-refractivity contribution is 7.80. The zero-order valence-corrected chi connectivity index (χ0v) is 17.2. The van der Waals surface area contributed by atoms with Crippen molar-refractivity contribution in [1.29, 1.82) is 0 Å². The number of hydrogen-bond donors (Lipinski definition) is 2. The molecular weight excluding hydrogens is 403 g/mol. The van der Waals surface area contributed by atoms with Crippen molar-refractivity contribution >= 4 is 57.8 Å². The number of thiocarbonyl (C=S) groups is 1. The molecule has 142 valence electrons. The van der Waals surface area contributed by atoms with Gasteiger partial charge in [0.25, 0.3) is 5.91 Å². The highest BCUT2D eigenvalue weighted by atomic mass is 35.5. The maximum Gasteiger partial charge on any atom is 0.258 e. The molecule has 0 saturated carbocycles. The van der Waals surface area contributed by atoms with Gasteiger partial charge in [-0.3, -0.25) is 10.1 Å². The number of amides is 1. The molecule has 0 spiro atoms. The number of nitrogens with zero attached hydrogens (tertiary/aromatic N) is 2. The summed E-state index contributed by atoms with van der Waals surface area (Å²) in [6.45, 7) is 3.89. The van der Waals surface area contributed by atoms with Crippen molar-refractivity contribution in [3.8, 4) is 0 Å². The number of anilines is 2. The van der Waals surface area contributed by atoms with Gasteiger partial charge in [0, 0.05) is 31.2 Å². The normalized spacial score (nSPS) is 14.7. The second kappa shape index (κ2) is 8.89. The molecule has 0 atom stereocenters. The number of benzene rings is 2. The minimum Gasteiger partial charge on any atom is -0.367 e. The summed E-state index contributed by atoms with van der Waals surface area (Å²) in [4.78, 5) is 17.0. The molecule has 2 N–H and O–H groups in total. The van der Waals surface area contributed by atoms with E-state index in [0.29, 0.717) is 10.6 Å². The molecule has 27 heavy (non-hydrogen) atoms. The van der Waals surface area contributed by atoms with Gasteiger partial charge in [0.2, 0.25) is 0 Å². The van der Waals surface area contributed by atoms with Crippen molar-refractivity contribution in [3.63, 3.8) is 0 Å². The summed E-state index contributed by atoms with van der Waals surface area (Å²) in [5.74, 6) is -0.383. The number of para-hydroxylation sites is 2. The van der Waals surface area contributed by atoms with Crippen LogP contribution in [0.25, 0.3) is 0 Å². The second-order valence-corrected chi connectivity index (χ2v) is 7.59.